The van der Waals surface area contributed by atoms with Gasteiger partial charge in [0.2, 0.25) is 5.91 Å². The topological polar surface area (TPSA) is 58.6 Å². The summed E-state index contributed by atoms with van der Waals surface area (Å²) >= 11 is 5.94. The van der Waals surface area contributed by atoms with Gasteiger partial charge in [-0.1, -0.05) is 30.7 Å². The molecular formula is C21H31ClN2O3. The molecule has 2 amide bonds. The Hall–Kier alpha value is -1.75. The zero-order valence-corrected chi connectivity index (χ0v) is 17.5. The molecule has 1 unspecified atom stereocenters. The number of likely N-dealkylation sites (tertiary alicyclic amines) is 1. The summed E-state index contributed by atoms with van der Waals surface area (Å²) in [6, 6.07) is 7.60. The van der Waals surface area contributed by atoms with Crippen LogP contribution in [0.5, 0.6) is 0 Å². The number of rotatable bonds is 5. The van der Waals surface area contributed by atoms with E-state index in [9.17, 15) is 9.59 Å². The first-order valence-electron chi connectivity index (χ1n) is 9.70. The van der Waals surface area contributed by atoms with Gasteiger partial charge in [0, 0.05) is 24.5 Å². The molecule has 1 N–H and O–H groups in total. The predicted molar refractivity (Wildman–Crippen MR) is 108 cm³/mol. The molecule has 0 radical (unpaired) electrons. The minimum atomic E-state index is -0.481. The Kier molecular flexibility index (Phi) is 7.54. The number of piperidine rings is 1. The Labute approximate surface area is 167 Å². The van der Waals surface area contributed by atoms with Crippen molar-refractivity contribution in [3.63, 3.8) is 0 Å². The van der Waals surface area contributed by atoms with Crippen molar-refractivity contribution in [2.75, 3.05) is 13.1 Å². The maximum Gasteiger partial charge on any atom is 0.410 e. The zero-order chi connectivity index (χ0) is 20.0. The van der Waals surface area contributed by atoms with Crippen LogP contribution in [-0.4, -0.2) is 35.6 Å². The minimum Gasteiger partial charge on any atom is -0.444 e. The van der Waals surface area contributed by atoms with Crippen molar-refractivity contribution in [3.05, 3.63) is 34.9 Å². The van der Waals surface area contributed by atoms with Crippen LogP contribution in [0.15, 0.2) is 24.3 Å². The standard InChI is InChI=1S/C21H31ClN2O3/c1-5-18(16-6-8-17(22)9-7-16)23-19(25)14-15-10-12-24(13-11-15)20(26)27-21(2,3)4/h6-9,15,18H,5,10-14H2,1-4H3,(H,23,25). The zero-order valence-electron chi connectivity index (χ0n) is 16.8. The first-order chi connectivity index (χ1) is 12.7. The van der Waals surface area contributed by atoms with Crippen LogP contribution in [0, 0.1) is 5.92 Å². The first kappa shape index (κ1) is 21.5. The van der Waals surface area contributed by atoms with Crippen molar-refractivity contribution in [1.29, 1.82) is 0 Å². The molecule has 1 atom stereocenters. The third-order valence-corrected chi connectivity index (χ3v) is 5.01. The first-order valence-corrected chi connectivity index (χ1v) is 10.1. The van der Waals surface area contributed by atoms with Gasteiger partial charge in [-0.15, -0.1) is 0 Å². The minimum absolute atomic E-state index is 0.00313. The van der Waals surface area contributed by atoms with Crippen LogP contribution < -0.4 is 5.32 Å². The number of nitrogens with one attached hydrogen (secondary N) is 1. The SMILES string of the molecule is CCC(NC(=O)CC1CCN(C(=O)OC(C)(C)C)CC1)c1ccc(Cl)cc1. The van der Waals surface area contributed by atoms with E-state index in [4.69, 9.17) is 16.3 Å². The molecule has 0 saturated carbocycles. The van der Waals surface area contributed by atoms with Gasteiger partial charge in [0.1, 0.15) is 5.60 Å². The van der Waals surface area contributed by atoms with Gasteiger partial charge in [-0.3, -0.25) is 4.79 Å². The summed E-state index contributed by atoms with van der Waals surface area (Å²) in [6.45, 7) is 8.94. The van der Waals surface area contributed by atoms with Crippen LogP contribution in [-0.2, 0) is 9.53 Å². The van der Waals surface area contributed by atoms with Crippen LogP contribution in [0.2, 0.25) is 5.02 Å². The van der Waals surface area contributed by atoms with E-state index in [1.807, 2.05) is 45.0 Å². The molecule has 1 aliphatic rings. The number of ether oxygens (including phenoxy) is 1. The molecule has 1 heterocycles. The lowest BCUT2D eigenvalue weighted by molar-refractivity contribution is -0.123. The molecule has 1 aliphatic heterocycles. The lowest BCUT2D eigenvalue weighted by Gasteiger charge is -2.33. The van der Waals surface area contributed by atoms with Crippen LogP contribution in [0.4, 0.5) is 4.79 Å². The van der Waals surface area contributed by atoms with E-state index in [1.165, 1.54) is 0 Å². The molecule has 0 aliphatic carbocycles. The van der Waals surface area contributed by atoms with Crippen LogP contribution >= 0.6 is 11.6 Å². The van der Waals surface area contributed by atoms with Crippen molar-refractivity contribution in [2.24, 2.45) is 5.92 Å². The van der Waals surface area contributed by atoms with Crippen LogP contribution in [0.25, 0.3) is 0 Å². The predicted octanol–water partition coefficient (Wildman–Crippen LogP) is 4.94. The van der Waals surface area contributed by atoms with E-state index in [0.29, 0.717) is 30.5 Å². The normalized spacial score (nSPS) is 16.7. The van der Waals surface area contributed by atoms with Gasteiger partial charge in [-0.2, -0.15) is 0 Å². The van der Waals surface area contributed by atoms with Gasteiger partial charge in [0.15, 0.2) is 0 Å². The fourth-order valence-electron chi connectivity index (χ4n) is 3.28. The third kappa shape index (κ3) is 7.06. The number of hydrogen-bond donors (Lipinski definition) is 1. The van der Waals surface area contributed by atoms with Crippen molar-refractivity contribution in [3.8, 4) is 0 Å². The van der Waals surface area contributed by atoms with E-state index >= 15 is 0 Å². The van der Waals surface area contributed by atoms with Gasteiger partial charge in [-0.25, -0.2) is 4.79 Å². The molecule has 1 aromatic carbocycles. The highest BCUT2D eigenvalue weighted by Gasteiger charge is 2.28. The Morgan fingerprint density at radius 1 is 1.22 bits per heavy atom. The van der Waals surface area contributed by atoms with E-state index in [2.05, 4.69) is 12.2 Å². The molecule has 150 valence electrons. The summed E-state index contributed by atoms with van der Waals surface area (Å²) in [7, 11) is 0. The second kappa shape index (κ2) is 9.45. The maximum atomic E-state index is 12.5. The summed E-state index contributed by atoms with van der Waals surface area (Å²) < 4.78 is 5.42. The van der Waals surface area contributed by atoms with Crippen LogP contribution in [0.3, 0.4) is 0 Å². The van der Waals surface area contributed by atoms with Crippen molar-refractivity contribution in [1.82, 2.24) is 10.2 Å². The largest absolute Gasteiger partial charge is 0.444 e. The fourth-order valence-corrected chi connectivity index (χ4v) is 3.40. The number of amides is 2. The molecule has 0 bridgehead atoms. The van der Waals surface area contributed by atoms with Gasteiger partial charge < -0.3 is 15.0 Å². The molecule has 1 aromatic rings. The quantitative estimate of drug-likeness (QED) is 0.769. The molecule has 0 spiro atoms. The molecule has 6 heteroatoms. The van der Waals surface area contributed by atoms with Gasteiger partial charge in [-0.05, 0) is 63.6 Å². The number of hydrogen-bond acceptors (Lipinski definition) is 3. The average molecular weight is 395 g/mol. The number of halogens is 1. The van der Waals surface area contributed by atoms with Gasteiger partial charge >= 0.3 is 6.09 Å². The fraction of sp³-hybridized carbons (Fsp3) is 0.619. The van der Waals surface area contributed by atoms with E-state index in [1.54, 1.807) is 4.90 Å². The van der Waals surface area contributed by atoms with E-state index in [0.717, 1.165) is 24.8 Å². The van der Waals surface area contributed by atoms with Gasteiger partial charge in [0.05, 0.1) is 6.04 Å². The Morgan fingerprint density at radius 3 is 2.33 bits per heavy atom. The molecular weight excluding hydrogens is 364 g/mol. The Bertz CT molecular complexity index is 632. The number of benzene rings is 1. The average Bonchev–Trinajstić information content (AvgIpc) is 2.59. The van der Waals surface area contributed by atoms with Crippen molar-refractivity contribution in [2.45, 2.75) is 65.0 Å². The number of nitrogens with zero attached hydrogens (tertiary/aromatic N) is 1. The summed E-state index contributed by atoms with van der Waals surface area (Å²) in [5, 5.41) is 3.82. The van der Waals surface area contributed by atoms with Crippen molar-refractivity contribution < 1.29 is 14.3 Å². The molecule has 2 rings (SSSR count). The van der Waals surface area contributed by atoms with E-state index < -0.39 is 5.60 Å². The Balaban J connectivity index is 1.80. The molecule has 27 heavy (non-hydrogen) atoms. The second-order valence-corrected chi connectivity index (χ2v) is 8.63. The van der Waals surface area contributed by atoms with Crippen molar-refractivity contribution >= 4 is 23.6 Å². The molecule has 1 fully saturated rings. The maximum absolute atomic E-state index is 12.5. The summed E-state index contributed by atoms with van der Waals surface area (Å²) in [5.74, 6) is 0.360. The number of carbonyl (C=O) groups is 2. The molecule has 5 nitrogen and oxygen atoms in total. The van der Waals surface area contributed by atoms with Crippen LogP contribution in [0.1, 0.15) is 65.0 Å². The molecule has 0 aromatic heterocycles. The summed E-state index contributed by atoms with van der Waals surface area (Å²) in [6.07, 6.45) is 2.70. The highest BCUT2D eigenvalue weighted by Crippen LogP contribution is 2.24. The lowest BCUT2D eigenvalue weighted by atomic mass is 9.93. The molecule has 1 saturated heterocycles. The monoisotopic (exact) mass is 394 g/mol. The highest BCUT2D eigenvalue weighted by molar-refractivity contribution is 6.30. The van der Waals surface area contributed by atoms with E-state index in [-0.39, 0.29) is 18.0 Å². The second-order valence-electron chi connectivity index (χ2n) is 8.19. The van der Waals surface area contributed by atoms with Gasteiger partial charge in [0.25, 0.3) is 0 Å². The summed E-state index contributed by atoms with van der Waals surface area (Å²) in [5.41, 5.74) is 0.583. The lowest BCUT2D eigenvalue weighted by Crippen LogP contribution is -2.42. The number of carbonyl (C=O) groups excluding carboxylic acids is 2. The highest BCUT2D eigenvalue weighted by atomic mass is 35.5. The smallest absolute Gasteiger partial charge is 0.410 e. The Morgan fingerprint density at radius 2 is 1.81 bits per heavy atom. The summed E-state index contributed by atoms with van der Waals surface area (Å²) in [4.78, 5) is 26.3. The third-order valence-electron chi connectivity index (χ3n) is 4.76.